The van der Waals surface area contributed by atoms with E-state index in [1.165, 1.54) is 0 Å². The molecule has 0 aliphatic carbocycles. The molecule has 0 aromatic heterocycles. The van der Waals surface area contributed by atoms with Crippen LogP contribution in [0.2, 0.25) is 0 Å². The van der Waals surface area contributed by atoms with Crippen LogP contribution in [0.25, 0.3) is 0 Å². The van der Waals surface area contributed by atoms with Crippen LogP contribution in [0, 0.1) is 0 Å². The number of carbonyl (C=O) groups is 1. The Labute approximate surface area is 148 Å². The number of ether oxygens (including phenoxy) is 1. The molecule has 1 aliphatic rings. The maximum atomic E-state index is 12.6. The van der Waals surface area contributed by atoms with E-state index in [1.807, 2.05) is 32.3 Å². The molecule has 8 nitrogen and oxygen atoms in total. The molecule has 2 N–H and O–H groups in total. The first kappa shape index (κ1) is 21.7. The third-order valence-electron chi connectivity index (χ3n) is 3.46. The van der Waals surface area contributed by atoms with Gasteiger partial charge in [0.1, 0.15) is 6.23 Å². The van der Waals surface area contributed by atoms with Gasteiger partial charge in [0, 0.05) is 26.4 Å². The zero-order valence-corrected chi connectivity index (χ0v) is 17.1. The lowest BCUT2D eigenvalue weighted by atomic mass is 10.1. The molecule has 24 heavy (non-hydrogen) atoms. The number of hydrogen-bond donors (Lipinski definition) is 1. The van der Waals surface area contributed by atoms with Crippen LogP contribution in [0.15, 0.2) is 0 Å². The molecular formula is C14H30N2O6Si2. The SMILES string of the molecule is CCO[Si](COC(=O)C1(N)CCCN1[Si](OCC)OCC)OCC. The highest BCUT2D eigenvalue weighted by Crippen LogP contribution is 2.27. The minimum absolute atomic E-state index is 0.114. The fourth-order valence-corrected chi connectivity index (χ4v) is 5.35. The first-order chi connectivity index (χ1) is 11.5. The monoisotopic (exact) mass is 378 g/mol. The third-order valence-corrected chi connectivity index (χ3v) is 7.20. The molecule has 0 saturated carbocycles. The summed E-state index contributed by atoms with van der Waals surface area (Å²) in [6.07, 6.45) is 1.43. The van der Waals surface area contributed by atoms with E-state index in [1.54, 1.807) is 0 Å². The summed E-state index contributed by atoms with van der Waals surface area (Å²) >= 11 is 0. The van der Waals surface area contributed by atoms with Crippen molar-refractivity contribution in [3.05, 3.63) is 0 Å². The third kappa shape index (κ3) is 5.88. The van der Waals surface area contributed by atoms with E-state index in [9.17, 15) is 4.79 Å². The summed E-state index contributed by atoms with van der Waals surface area (Å²) in [5, 5.41) is 0. The maximum Gasteiger partial charge on any atom is 0.493 e. The number of rotatable bonds is 12. The Morgan fingerprint density at radius 2 is 1.58 bits per heavy atom. The second-order valence-electron chi connectivity index (χ2n) is 5.13. The highest BCUT2D eigenvalue weighted by molar-refractivity contribution is 6.44. The lowest BCUT2D eigenvalue weighted by Crippen LogP contribution is -2.64. The van der Waals surface area contributed by atoms with Crippen LogP contribution in [0.4, 0.5) is 0 Å². The van der Waals surface area contributed by atoms with Crippen molar-refractivity contribution in [1.29, 1.82) is 0 Å². The van der Waals surface area contributed by atoms with Crippen molar-refractivity contribution >= 4 is 24.7 Å². The van der Waals surface area contributed by atoms with E-state index in [0.717, 1.165) is 6.42 Å². The van der Waals surface area contributed by atoms with Crippen molar-refractivity contribution in [3.63, 3.8) is 0 Å². The van der Waals surface area contributed by atoms with E-state index in [0.29, 0.717) is 39.4 Å². The molecule has 0 bridgehead atoms. The fraction of sp³-hybridized carbons (Fsp3) is 0.929. The van der Waals surface area contributed by atoms with Gasteiger partial charge in [-0.3, -0.25) is 4.57 Å². The van der Waals surface area contributed by atoms with Crippen LogP contribution in [0.1, 0.15) is 40.5 Å². The largest absolute Gasteiger partial charge is 0.493 e. The van der Waals surface area contributed by atoms with Gasteiger partial charge >= 0.3 is 24.7 Å². The Balaban J connectivity index is 2.70. The van der Waals surface area contributed by atoms with Crippen molar-refractivity contribution in [2.24, 2.45) is 5.73 Å². The van der Waals surface area contributed by atoms with E-state index in [-0.39, 0.29) is 6.23 Å². The summed E-state index contributed by atoms with van der Waals surface area (Å²) < 4.78 is 29.6. The highest BCUT2D eigenvalue weighted by atomic mass is 28.3. The van der Waals surface area contributed by atoms with Crippen LogP contribution >= 0.6 is 0 Å². The molecule has 1 unspecified atom stereocenters. The normalized spacial score (nSPS) is 21.8. The van der Waals surface area contributed by atoms with Gasteiger partial charge in [-0.25, -0.2) is 4.79 Å². The molecular weight excluding hydrogens is 348 g/mol. The molecule has 0 amide bonds. The van der Waals surface area contributed by atoms with Crippen molar-refractivity contribution < 1.29 is 27.2 Å². The summed E-state index contributed by atoms with van der Waals surface area (Å²) in [7, 11) is -3.40. The van der Waals surface area contributed by atoms with E-state index in [2.05, 4.69) is 0 Å². The lowest BCUT2D eigenvalue weighted by Gasteiger charge is -2.35. The highest BCUT2D eigenvalue weighted by Gasteiger charge is 2.51. The quantitative estimate of drug-likeness (QED) is 0.386. The molecule has 0 aromatic rings. The summed E-state index contributed by atoms with van der Waals surface area (Å²) in [5.41, 5.74) is 5.18. The topological polar surface area (TPSA) is 92.5 Å². The Bertz CT molecular complexity index is 367. The molecule has 140 valence electrons. The molecule has 1 heterocycles. The number of carbonyl (C=O) groups excluding carboxylic acids is 1. The lowest BCUT2D eigenvalue weighted by molar-refractivity contribution is -0.153. The Morgan fingerprint density at radius 3 is 2.08 bits per heavy atom. The zero-order chi connectivity index (χ0) is 18.0. The summed E-state index contributed by atoms with van der Waals surface area (Å²) in [6, 6.07) is 0. The van der Waals surface area contributed by atoms with Crippen molar-refractivity contribution in [1.82, 2.24) is 4.57 Å². The molecule has 1 aliphatic heterocycles. The average molecular weight is 379 g/mol. The molecule has 1 saturated heterocycles. The van der Waals surface area contributed by atoms with Crippen LogP contribution in [-0.2, 0) is 27.2 Å². The van der Waals surface area contributed by atoms with E-state index in [4.69, 9.17) is 28.2 Å². The van der Waals surface area contributed by atoms with Gasteiger partial charge in [-0.2, -0.15) is 0 Å². The van der Waals surface area contributed by atoms with Gasteiger partial charge in [-0.15, -0.1) is 0 Å². The van der Waals surface area contributed by atoms with Gasteiger partial charge in [0.25, 0.3) is 0 Å². The van der Waals surface area contributed by atoms with Crippen LogP contribution < -0.4 is 5.73 Å². The molecule has 0 spiro atoms. The number of hydrogen-bond acceptors (Lipinski definition) is 8. The first-order valence-corrected chi connectivity index (χ1v) is 11.3. The Hall–Kier alpha value is -0.336. The van der Waals surface area contributed by atoms with Gasteiger partial charge in [-0.05, 0) is 47.1 Å². The first-order valence-electron chi connectivity index (χ1n) is 8.51. The Kier molecular flexibility index (Phi) is 10.2. The maximum absolute atomic E-state index is 12.6. The number of esters is 1. The predicted molar refractivity (Wildman–Crippen MR) is 91.8 cm³/mol. The van der Waals surface area contributed by atoms with Gasteiger partial charge in [0.2, 0.25) is 0 Å². The summed E-state index contributed by atoms with van der Waals surface area (Å²) in [5.74, 6) is -0.469. The van der Waals surface area contributed by atoms with Crippen LogP contribution in [0.3, 0.4) is 0 Å². The van der Waals surface area contributed by atoms with Gasteiger partial charge in [-0.1, -0.05) is 0 Å². The minimum Gasteiger partial charge on any atom is -0.462 e. The smallest absolute Gasteiger partial charge is 0.462 e. The number of nitrogens with zero attached hydrogens (tertiary/aromatic N) is 1. The van der Waals surface area contributed by atoms with Crippen LogP contribution in [-0.4, -0.2) is 74.1 Å². The van der Waals surface area contributed by atoms with Gasteiger partial charge in [0.15, 0.2) is 5.66 Å². The second-order valence-corrected chi connectivity index (χ2v) is 8.38. The molecule has 10 heteroatoms. The van der Waals surface area contributed by atoms with Gasteiger partial charge in [0.05, 0.1) is 0 Å². The van der Waals surface area contributed by atoms with E-state index < -0.39 is 30.4 Å². The number of nitrogens with two attached hydrogens (primary N) is 1. The summed E-state index contributed by atoms with van der Waals surface area (Å²) in [6.45, 7) is 10.3. The fourth-order valence-electron chi connectivity index (χ4n) is 2.45. The summed E-state index contributed by atoms with van der Waals surface area (Å²) in [4.78, 5) is 12.6. The van der Waals surface area contributed by atoms with Crippen molar-refractivity contribution in [2.45, 2.75) is 46.2 Å². The van der Waals surface area contributed by atoms with E-state index >= 15 is 0 Å². The molecule has 0 aromatic carbocycles. The van der Waals surface area contributed by atoms with Gasteiger partial charge < -0.3 is 28.2 Å². The van der Waals surface area contributed by atoms with Crippen LogP contribution in [0.5, 0.6) is 0 Å². The minimum atomic E-state index is -1.78. The van der Waals surface area contributed by atoms with Crippen molar-refractivity contribution in [3.8, 4) is 0 Å². The average Bonchev–Trinajstić information content (AvgIpc) is 2.95. The Morgan fingerprint density at radius 1 is 1.04 bits per heavy atom. The standard InChI is InChI=1S/C14H30N2O6Si2/c1-5-19-23(20-6-2)12-18-13(17)14(15)10-9-11-16(14)24(21-7-3)22-8-4/h5-12,15H2,1-4H3. The molecule has 1 atom stereocenters. The molecule has 1 fully saturated rings. The second kappa shape index (κ2) is 11.3. The van der Waals surface area contributed by atoms with Crippen molar-refractivity contribution in [2.75, 3.05) is 39.2 Å². The zero-order valence-electron chi connectivity index (χ0n) is 15.1. The predicted octanol–water partition coefficient (Wildman–Crippen LogP) is 0.439. The molecule has 2 radical (unpaired) electrons. The molecule has 1 rings (SSSR count).